The zero-order valence-corrected chi connectivity index (χ0v) is 12.8. The number of rotatable bonds is 3. The van der Waals surface area contributed by atoms with Crippen molar-refractivity contribution >= 4 is 22.7 Å². The van der Waals surface area contributed by atoms with Crippen molar-refractivity contribution in [1.82, 2.24) is 9.55 Å². The lowest BCUT2D eigenvalue weighted by molar-refractivity contribution is -0.142. The molecule has 0 saturated carbocycles. The Kier molecular flexibility index (Phi) is 3.08. The van der Waals surface area contributed by atoms with E-state index in [0.717, 1.165) is 28.1 Å². The summed E-state index contributed by atoms with van der Waals surface area (Å²) in [6, 6.07) is 16.2. The summed E-state index contributed by atoms with van der Waals surface area (Å²) < 4.78 is 2.09. The Balaban J connectivity index is 1.68. The molecule has 0 amide bonds. The first-order chi connectivity index (χ1) is 11.1. The van der Waals surface area contributed by atoms with Gasteiger partial charge < -0.3 is 14.6 Å². The first kappa shape index (κ1) is 13.8. The van der Waals surface area contributed by atoms with Crippen molar-refractivity contribution in [2.75, 3.05) is 18.0 Å². The summed E-state index contributed by atoms with van der Waals surface area (Å²) >= 11 is 0. The average molecular weight is 307 g/mol. The molecule has 1 aliphatic rings. The highest BCUT2D eigenvalue weighted by Crippen LogP contribution is 2.30. The molecule has 0 radical (unpaired) electrons. The molecule has 1 aliphatic heterocycles. The first-order valence-corrected chi connectivity index (χ1v) is 7.63. The van der Waals surface area contributed by atoms with Crippen LogP contribution in [0.1, 0.15) is 0 Å². The molecule has 0 unspecified atom stereocenters. The zero-order valence-electron chi connectivity index (χ0n) is 12.8. The molecule has 116 valence electrons. The van der Waals surface area contributed by atoms with Gasteiger partial charge in [0.15, 0.2) is 0 Å². The maximum atomic E-state index is 11.0. The van der Waals surface area contributed by atoms with E-state index in [1.54, 1.807) is 0 Å². The number of fused-ring (bicyclic) bond motifs is 1. The lowest BCUT2D eigenvalue weighted by Crippen LogP contribution is -2.50. The van der Waals surface area contributed by atoms with Crippen LogP contribution in [0.2, 0.25) is 0 Å². The fraction of sp³-hybridized carbons (Fsp3) is 0.222. The highest BCUT2D eigenvalue weighted by Gasteiger charge is 2.32. The van der Waals surface area contributed by atoms with Crippen LogP contribution in [0, 0.1) is 5.92 Å². The number of nitrogens with zero attached hydrogens (tertiary/aromatic N) is 3. The molecule has 2 aromatic carbocycles. The van der Waals surface area contributed by atoms with Gasteiger partial charge in [0.1, 0.15) is 5.82 Å². The molecule has 0 atom stereocenters. The van der Waals surface area contributed by atoms with E-state index in [1.165, 1.54) is 0 Å². The quantitative estimate of drug-likeness (QED) is 0.808. The van der Waals surface area contributed by atoms with E-state index >= 15 is 0 Å². The number of hydrogen-bond acceptors (Lipinski definition) is 3. The topological polar surface area (TPSA) is 58.4 Å². The Bertz CT molecular complexity index is 894. The van der Waals surface area contributed by atoms with Crippen molar-refractivity contribution in [2.24, 2.45) is 13.0 Å². The highest BCUT2D eigenvalue weighted by atomic mass is 16.4. The molecule has 5 heteroatoms. The van der Waals surface area contributed by atoms with Crippen LogP contribution >= 0.6 is 0 Å². The molecule has 5 nitrogen and oxygen atoms in total. The fourth-order valence-electron chi connectivity index (χ4n) is 3.09. The summed E-state index contributed by atoms with van der Waals surface area (Å²) in [5.74, 6) is -0.0504. The van der Waals surface area contributed by atoms with Gasteiger partial charge in [0.05, 0.1) is 17.0 Å². The van der Waals surface area contributed by atoms with Gasteiger partial charge in [-0.25, -0.2) is 4.98 Å². The number of aryl methyl sites for hydroxylation is 1. The highest BCUT2D eigenvalue weighted by molar-refractivity contribution is 5.81. The van der Waals surface area contributed by atoms with E-state index in [1.807, 2.05) is 43.4 Å². The first-order valence-electron chi connectivity index (χ1n) is 7.63. The van der Waals surface area contributed by atoms with Crippen LogP contribution in [-0.2, 0) is 11.8 Å². The number of carbonyl (C=O) groups is 1. The number of anilines is 1. The minimum atomic E-state index is -0.715. The lowest BCUT2D eigenvalue weighted by atomic mass is 9.99. The Morgan fingerprint density at radius 3 is 2.70 bits per heavy atom. The van der Waals surface area contributed by atoms with E-state index in [9.17, 15) is 4.79 Å². The number of imidazole rings is 1. The van der Waals surface area contributed by atoms with Gasteiger partial charge in [-0.15, -0.1) is 0 Å². The molecule has 1 saturated heterocycles. The number of aliphatic carboxylic acids is 1. The molecule has 23 heavy (non-hydrogen) atoms. The molecule has 1 N–H and O–H groups in total. The van der Waals surface area contributed by atoms with Gasteiger partial charge in [-0.3, -0.25) is 4.79 Å². The van der Waals surface area contributed by atoms with Crippen molar-refractivity contribution in [1.29, 1.82) is 0 Å². The van der Waals surface area contributed by atoms with Crippen LogP contribution in [0.5, 0.6) is 0 Å². The summed E-state index contributed by atoms with van der Waals surface area (Å²) in [7, 11) is 2.02. The number of carboxylic acids is 1. The molecule has 3 aromatic rings. The monoisotopic (exact) mass is 307 g/mol. The maximum Gasteiger partial charge on any atom is 0.310 e. The SMILES string of the molecule is Cn1c(-c2cccc(N3CC(C(=O)O)C3)c2)nc2ccccc21. The summed E-state index contributed by atoms with van der Waals surface area (Å²) in [5.41, 5.74) is 4.17. The van der Waals surface area contributed by atoms with Gasteiger partial charge in [0.2, 0.25) is 0 Å². The van der Waals surface area contributed by atoms with E-state index in [4.69, 9.17) is 10.1 Å². The Morgan fingerprint density at radius 1 is 1.17 bits per heavy atom. The van der Waals surface area contributed by atoms with Gasteiger partial charge in [-0.1, -0.05) is 24.3 Å². The van der Waals surface area contributed by atoms with Gasteiger partial charge in [0.25, 0.3) is 0 Å². The summed E-state index contributed by atoms with van der Waals surface area (Å²) in [4.78, 5) is 17.8. The summed E-state index contributed by atoms with van der Waals surface area (Å²) in [6.07, 6.45) is 0. The number of benzene rings is 2. The molecule has 2 heterocycles. The van der Waals surface area contributed by atoms with Crippen LogP contribution in [0.15, 0.2) is 48.5 Å². The van der Waals surface area contributed by atoms with Crippen LogP contribution in [-0.4, -0.2) is 33.7 Å². The smallest absolute Gasteiger partial charge is 0.310 e. The number of hydrogen-bond donors (Lipinski definition) is 1. The van der Waals surface area contributed by atoms with Crippen molar-refractivity contribution < 1.29 is 9.90 Å². The number of aromatic nitrogens is 2. The number of carboxylic acid groups (broad SMARTS) is 1. The van der Waals surface area contributed by atoms with Crippen LogP contribution in [0.3, 0.4) is 0 Å². The zero-order chi connectivity index (χ0) is 16.0. The minimum Gasteiger partial charge on any atom is -0.481 e. The number of para-hydroxylation sites is 2. The Morgan fingerprint density at radius 2 is 1.96 bits per heavy atom. The van der Waals surface area contributed by atoms with Gasteiger partial charge >= 0.3 is 5.97 Å². The molecule has 0 aliphatic carbocycles. The molecular weight excluding hydrogens is 290 g/mol. The molecule has 1 aromatic heterocycles. The third kappa shape index (κ3) is 2.25. The maximum absolute atomic E-state index is 11.0. The fourth-order valence-corrected chi connectivity index (χ4v) is 3.09. The minimum absolute atomic E-state index is 0.255. The molecule has 1 fully saturated rings. The van der Waals surface area contributed by atoms with Gasteiger partial charge in [-0.05, 0) is 24.3 Å². The van der Waals surface area contributed by atoms with Gasteiger partial charge in [-0.2, -0.15) is 0 Å². The van der Waals surface area contributed by atoms with E-state index in [-0.39, 0.29) is 5.92 Å². The predicted octanol–water partition coefficient (Wildman–Crippen LogP) is 2.76. The summed E-state index contributed by atoms with van der Waals surface area (Å²) in [5, 5.41) is 9.01. The lowest BCUT2D eigenvalue weighted by Gasteiger charge is -2.38. The second-order valence-electron chi connectivity index (χ2n) is 5.97. The van der Waals surface area contributed by atoms with Crippen molar-refractivity contribution in [3.63, 3.8) is 0 Å². The van der Waals surface area contributed by atoms with Crippen LogP contribution in [0.4, 0.5) is 5.69 Å². The molecule has 0 spiro atoms. The van der Waals surface area contributed by atoms with Crippen LogP contribution in [0.25, 0.3) is 22.4 Å². The van der Waals surface area contributed by atoms with Gasteiger partial charge in [0, 0.05) is 31.4 Å². The van der Waals surface area contributed by atoms with Crippen molar-refractivity contribution in [3.8, 4) is 11.4 Å². The molecule has 4 rings (SSSR count). The predicted molar refractivity (Wildman–Crippen MR) is 89.5 cm³/mol. The van der Waals surface area contributed by atoms with Crippen molar-refractivity contribution in [2.45, 2.75) is 0 Å². The third-order valence-electron chi connectivity index (χ3n) is 4.49. The Labute approximate surface area is 133 Å². The largest absolute Gasteiger partial charge is 0.481 e. The third-order valence-corrected chi connectivity index (χ3v) is 4.49. The second-order valence-corrected chi connectivity index (χ2v) is 5.97. The summed E-state index contributed by atoms with van der Waals surface area (Å²) in [6.45, 7) is 1.14. The Hall–Kier alpha value is -2.82. The normalized spacial score (nSPS) is 14.9. The molecule has 0 bridgehead atoms. The second kappa shape index (κ2) is 5.12. The van der Waals surface area contributed by atoms with Crippen LogP contribution < -0.4 is 4.90 Å². The average Bonchev–Trinajstić information content (AvgIpc) is 2.83. The standard InChI is InChI=1S/C18H17N3O2/c1-20-16-8-3-2-7-15(16)19-17(20)12-5-4-6-14(9-12)21-10-13(11-21)18(22)23/h2-9,13H,10-11H2,1H3,(H,22,23). The van der Waals surface area contributed by atoms with Crippen molar-refractivity contribution in [3.05, 3.63) is 48.5 Å². The van der Waals surface area contributed by atoms with E-state index < -0.39 is 5.97 Å². The molecular formula is C18H17N3O2. The van der Waals surface area contributed by atoms with E-state index in [0.29, 0.717) is 13.1 Å². The van der Waals surface area contributed by atoms with E-state index in [2.05, 4.69) is 21.6 Å².